The molecule has 0 amide bonds. The van der Waals surface area contributed by atoms with Crippen molar-refractivity contribution in [3.8, 4) is 0 Å². The van der Waals surface area contributed by atoms with Gasteiger partial charge in [0.1, 0.15) is 0 Å². The van der Waals surface area contributed by atoms with Crippen molar-refractivity contribution >= 4 is 32.9 Å². The van der Waals surface area contributed by atoms with Gasteiger partial charge in [0.25, 0.3) is 5.69 Å². The van der Waals surface area contributed by atoms with E-state index in [0.717, 1.165) is 12.1 Å². The smallest absolute Gasteiger partial charge is 0.270 e. The predicted octanol–water partition coefficient (Wildman–Crippen LogP) is -0.475. The molecule has 0 bridgehead atoms. The second-order valence-corrected chi connectivity index (χ2v) is 6.10. The van der Waals surface area contributed by atoms with Crippen LogP contribution < -0.4 is 16.0 Å². The van der Waals surface area contributed by atoms with Crippen LogP contribution in [0.25, 0.3) is 10.8 Å². The number of nitrogens with zero attached hydrogens (tertiary/aromatic N) is 1. The second-order valence-electron chi connectivity index (χ2n) is 4.13. The number of hydrogen-bond donors (Lipinski definition) is 0. The Labute approximate surface area is 113 Å². The molecule has 2 rings (SSSR count). The first kappa shape index (κ1) is 14.1. The minimum atomic E-state index is -1.36. The van der Waals surface area contributed by atoms with Crippen LogP contribution in [-0.2, 0) is 4.79 Å². The van der Waals surface area contributed by atoms with Gasteiger partial charge < -0.3 is 9.90 Å². The molecule has 7 nitrogen and oxygen atoms in total. The molecule has 20 heavy (non-hydrogen) atoms. The van der Waals surface area contributed by atoms with E-state index >= 15 is 0 Å². The molecule has 8 heteroatoms. The zero-order valence-electron chi connectivity index (χ0n) is 10.2. The standard InChI is InChI=1S/C12H9NO6S/c1-20(5-9(14)15)12-10(16)7-3-2-6(13(18)19)4-8(7)11(12)17/h2-4H,5H2,1H3,(H,14,15)/p-1. The fraction of sp³-hybridized carbons (Fsp3) is 0.167. The molecule has 0 saturated heterocycles. The molecule has 1 atom stereocenters. The summed E-state index contributed by atoms with van der Waals surface area (Å²) in [6, 6.07) is 3.40. The zero-order chi connectivity index (χ0) is 15.0. The molecule has 0 spiro atoms. The number of benzene rings is 1. The second kappa shape index (κ2) is 4.97. The maximum Gasteiger partial charge on any atom is 0.270 e. The highest BCUT2D eigenvalue weighted by atomic mass is 32.2. The summed E-state index contributed by atoms with van der Waals surface area (Å²) < 4.78 is -0.135. The summed E-state index contributed by atoms with van der Waals surface area (Å²) in [7, 11) is -1.09. The lowest BCUT2D eigenvalue weighted by molar-refractivity contribution is -0.384. The fourth-order valence-corrected chi connectivity index (χ4v) is 3.30. The maximum atomic E-state index is 12.1. The Balaban J connectivity index is 2.90. The van der Waals surface area contributed by atoms with Gasteiger partial charge in [-0.25, -0.2) is 0 Å². The first-order chi connectivity index (χ1) is 9.32. The molecule has 0 radical (unpaired) electrons. The lowest BCUT2D eigenvalue weighted by Gasteiger charge is -2.00. The molecule has 0 aliphatic carbocycles. The van der Waals surface area contributed by atoms with Crippen LogP contribution in [0.2, 0.25) is 0 Å². The van der Waals surface area contributed by atoms with Crippen molar-refractivity contribution in [3.05, 3.63) is 53.3 Å². The van der Waals surface area contributed by atoms with Gasteiger partial charge in [0.2, 0.25) is 10.9 Å². The number of rotatable bonds is 3. The molecule has 2 aromatic carbocycles. The van der Waals surface area contributed by atoms with E-state index in [-0.39, 0.29) is 21.0 Å². The summed E-state index contributed by atoms with van der Waals surface area (Å²) >= 11 is 0. The van der Waals surface area contributed by atoms with E-state index in [0.29, 0.717) is 0 Å². The quantitative estimate of drug-likeness (QED) is 0.429. The van der Waals surface area contributed by atoms with Crippen molar-refractivity contribution in [3.63, 3.8) is 0 Å². The summed E-state index contributed by atoms with van der Waals surface area (Å²) in [6.45, 7) is 0. The Bertz CT molecular complexity index is 891. The van der Waals surface area contributed by atoms with Gasteiger partial charge in [-0.3, -0.25) is 19.7 Å². The summed E-state index contributed by atoms with van der Waals surface area (Å²) in [5.74, 6) is -1.78. The van der Waals surface area contributed by atoms with E-state index in [2.05, 4.69) is 0 Å². The van der Waals surface area contributed by atoms with Crippen LogP contribution in [-0.4, -0.2) is 22.9 Å². The van der Waals surface area contributed by atoms with Crippen LogP contribution in [0.1, 0.15) is 0 Å². The monoisotopic (exact) mass is 294 g/mol. The van der Waals surface area contributed by atoms with Crippen molar-refractivity contribution in [2.75, 3.05) is 12.0 Å². The summed E-state index contributed by atoms with van der Waals surface area (Å²) in [4.78, 5) is 44.8. The van der Waals surface area contributed by atoms with E-state index in [9.17, 15) is 29.6 Å². The summed E-state index contributed by atoms with van der Waals surface area (Å²) in [5.41, 5.74) is -1.49. The minimum Gasteiger partial charge on any atom is -0.549 e. The van der Waals surface area contributed by atoms with Gasteiger partial charge in [-0.1, -0.05) is 0 Å². The van der Waals surface area contributed by atoms with E-state index in [4.69, 9.17) is 0 Å². The molecule has 0 aliphatic heterocycles. The highest BCUT2D eigenvalue weighted by Crippen LogP contribution is 2.18. The number of carboxylic acid groups (broad SMARTS) is 1. The molecular weight excluding hydrogens is 286 g/mol. The fourth-order valence-electron chi connectivity index (χ4n) is 1.94. The topological polar surface area (TPSA) is 117 Å². The molecule has 1 unspecified atom stereocenters. The van der Waals surface area contributed by atoms with Gasteiger partial charge >= 0.3 is 0 Å². The lowest BCUT2D eigenvalue weighted by atomic mass is 10.2. The molecule has 0 fully saturated rings. The number of aliphatic carboxylic acids is 1. The highest BCUT2D eigenvalue weighted by Gasteiger charge is 2.15. The van der Waals surface area contributed by atoms with Crippen molar-refractivity contribution < 1.29 is 14.8 Å². The zero-order valence-corrected chi connectivity index (χ0v) is 11.1. The van der Waals surface area contributed by atoms with Crippen molar-refractivity contribution in [1.29, 1.82) is 0 Å². The number of non-ortho nitro benzene ring substituents is 1. The molecule has 2 aromatic rings. The average Bonchev–Trinajstić information content (AvgIpc) is 2.60. The lowest BCUT2D eigenvalue weighted by Crippen LogP contribution is -2.25. The first-order valence-corrected chi connectivity index (χ1v) is 7.20. The van der Waals surface area contributed by atoms with Crippen molar-refractivity contribution in [2.24, 2.45) is 0 Å². The summed E-state index contributed by atoms with van der Waals surface area (Å²) in [5, 5.41) is 21.3. The van der Waals surface area contributed by atoms with Crippen LogP contribution in [0.3, 0.4) is 0 Å². The Hall–Kier alpha value is -2.35. The van der Waals surface area contributed by atoms with Crippen LogP contribution in [0.15, 0.2) is 27.8 Å². The van der Waals surface area contributed by atoms with E-state index < -0.39 is 38.0 Å². The number of nitro benzene ring substituents is 1. The van der Waals surface area contributed by atoms with Crippen molar-refractivity contribution in [1.82, 2.24) is 0 Å². The highest BCUT2D eigenvalue weighted by molar-refractivity contribution is 8.09. The maximum absolute atomic E-state index is 12.1. The molecule has 0 aliphatic rings. The SMILES string of the molecule is CS(CC(=O)[O-])=c1c(=O)c2ccc([N+](=O)[O-])cc2c1=O. The average molecular weight is 294 g/mol. The van der Waals surface area contributed by atoms with Gasteiger partial charge in [-0.15, -0.1) is 0 Å². The van der Waals surface area contributed by atoms with Crippen LogP contribution in [0.5, 0.6) is 0 Å². The molecular formula is C12H8NO6S-. The molecule has 104 valence electrons. The Morgan fingerprint density at radius 2 is 1.85 bits per heavy atom. The number of nitro groups is 1. The van der Waals surface area contributed by atoms with Crippen LogP contribution >= 0.6 is 10.5 Å². The first-order valence-electron chi connectivity index (χ1n) is 5.40. The summed E-state index contributed by atoms with van der Waals surface area (Å²) in [6.07, 6.45) is 1.46. The van der Waals surface area contributed by atoms with Gasteiger partial charge in [0.05, 0.1) is 15.4 Å². The number of carbonyl (C=O) groups is 1. The number of hydrogen-bond acceptors (Lipinski definition) is 6. The van der Waals surface area contributed by atoms with E-state index in [1.165, 1.54) is 12.3 Å². The third kappa shape index (κ3) is 2.25. The largest absolute Gasteiger partial charge is 0.549 e. The Morgan fingerprint density at radius 3 is 2.40 bits per heavy atom. The van der Waals surface area contributed by atoms with Gasteiger partial charge in [0, 0.05) is 28.7 Å². The molecule has 0 heterocycles. The Kier molecular flexibility index (Phi) is 3.49. The predicted molar refractivity (Wildman–Crippen MR) is 72.1 cm³/mol. The van der Waals surface area contributed by atoms with E-state index in [1.54, 1.807) is 0 Å². The van der Waals surface area contributed by atoms with Gasteiger partial charge in [0.15, 0.2) is 0 Å². The van der Waals surface area contributed by atoms with E-state index in [1.807, 2.05) is 0 Å². The van der Waals surface area contributed by atoms with Crippen LogP contribution in [0, 0.1) is 14.6 Å². The molecule has 0 saturated carbocycles. The molecule has 0 aromatic heterocycles. The van der Waals surface area contributed by atoms with Gasteiger partial charge in [-0.05, 0) is 12.3 Å². The third-order valence-electron chi connectivity index (χ3n) is 2.80. The number of fused-ring (bicyclic) bond motifs is 1. The molecule has 0 N–H and O–H groups in total. The van der Waals surface area contributed by atoms with Crippen molar-refractivity contribution in [2.45, 2.75) is 0 Å². The van der Waals surface area contributed by atoms with Crippen LogP contribution in [0.4, 0.5) is 5.69 Å². The van der Waals surface area contributed by atoms with Gasteiger partial charge in [-0.2, -0.15) is 10.5 Å². The normalized spacial score (nSPS) is 13.3. The minimum absolute atomic E-state index is 0.0445. The number of carbonyl (C=O) groups excluding carboxylic acids is 1. The number of carboxylic acids is 1. The third-order valence-corrected chi connectivity index (χ3v) is 4.53. The Morgan fingerprint density at radius 1 is 1.25 bits per heavy atom.